The van der Waals surface area contributed by atoms with Crippen LogP contribution in [0.2, 0.25) is 0 Å². The molecule has 3 amide bonds. The number of piperidine rings is 1. The van der Waals surface area contributed by atoms with E-state index in [0.717, 1.165) is 63.3 Å². The predicted octanol–water partition coefficient (Wildman–Crippen LogP) is 1.45. The molecule has 25 heavy (non-hydrogen) atoms. The Balaban J connectivity index is 1.36. The van der Waals surface area contributed by atoms with Gasteiger partial charge in [-0.25, -0.2) is 9.78 Å². The van der Waals surface area contributed by atoms with Gasteiger partial charge in [0.25, 0.3) is 0 Å². The van der Waals surface area contributed by atoms with Gasteiger partial charge in [-0.15, -0.1) is 0 Å². The lowest BCUT2D eigenvalue weighted by Gasteiger charge is -2.30. The first-order valence-electron chi connectivity index (χ1n) is 9.32. The summed E-state index contributed by atoms with van der Waals surface area (Å²) in [6.07, 6.45) is 7.42. The average Bonchev–Trinajstić information content (AvgIpc) is 3.02. The first kappa shape index (κ1) is 17.8. The fraction of sp³-hybridized carbons (Fsp3) is 0.765. The van der Waals surface area contributed by atoms with E-state index in [9.17, 15) is 9.59 Å². The molecule has 0 bridgehead atoms. The molecule has 0 spiro atoms. The van der Waals surface area contributed by atoms with Gasteiger partial charge in [0.05, 0.1) is 6.54 Å². The molecule has 3 N–H and O–H groups in total. The van der Waals surface area contributed by atoms with Crippen molar-refractivity contribution < 1.29 is 9.59 Å². The fourth-order valence-electron chi connectivity index (χ4n) is 3.73. The van der Waals surface area contributed by atoms with Crippen LogP contribution in [0.15, 0.2) is 0 Å². The third-order valence-corrected chi connectivity index (χ3v) is 5.13. The van der Waals surface area contributed by atoms with Gasteiger partial charge in [0, 0.05) is 12.0 Å². The maximum absolute atomic E-state index is 12.1. The highest BCUT2D eigenvalue weighted by Gasteiger charge is 2.25. The van der Waals surface area contributed by atoms with E-state index in [1.807, 2.05) is 6.92 Å². The van der Waals surface area contributed by atoms with Crippen LogP contribution in [0.5, 0.6) is 0 Å². The molecule has 1 aromatic rings. The van der Waals surface area contributed by atoms with Crippen molar-refractivity contribution in [2.45, 2.75) is 63.8 Å². The minimum Gasteiger partial charge on any atom is -0.335 e. The third kappa shape index (κ3) is 5.26. The summed E-state index contributed by atoms with van der Waals surface area (Å²) in [4.78, 5) is 30.5. The number of urea groups is 1. The monoisotopic (exact) mass is 348 g/mol. The number of carbonyl (C=O) groups excluding carboxylic acids is 2. The highest BCUT2D eigenvalue weighted by atomic mass is 16.2. The summed E-state index contributed by atoms with van der Waals surface area (Å²) in [6, 6.07) is -0.148. The predicted molar refractivity (Wildman–Crippen MR) is 93.1 cm³/mol. The Labute approximate surface area is 148 Å². The van der Waals surface area contributed by atoms with E-state index < -0.39 is 0 Å². The fourth-order valence-corrected chi connectivity index (χ4v) is 3.73. The van der Waals surface area contributed by atoms with Crippen LogP contribution in [-0.2, 0) is 4.79 Å². The lowest BCUT2D eigenvalue weighted by molar-refractivity contribution is -0.121. The highest BCUT2D eigenvalue weighted by molar-refractivity contribution is 5.95. The summed E-state index contributed by atoms with van der Waals surface area (Å²) in [5.41, 5.74) is 0. The standard InChI is InChI=1S/C17H28N6O2/c1-12-18-16(22-21-12)13-7-9-23(10-8-13)11-15(24)20-17(25)19-14-5-3-2-4-6-14/h13-14H,2-11H2,1H3,(H,18,21,22)(H2,19,20,24,25). The average molecular weight is 348 g/mol. The van der Waals surface area contributed by atoms with E-state index in [2.05, 4.69) is 30.7 Å². The Bertz CT molecular complexity index is 588. The Morgan fingerprint density at radius 3 is 2.52 bits per heavy atom. The van der Waals surface area contributed by atoms with Crippen LogP contribution in [0, 0.1) is 6.92 Å². The van der Waals surface area contributed by atoms with Gasteiger partial charge in [0.1, 0.15) is 5.82 Å². The molecule has 1 saturated heterocycles. The smallest absolute Gasteiger partial charge is 0.321 e. The molecule has 0 unspecified atom stereocenters. The summed E-state index contributed by atoms with van der Waals surface area (Å²) in [5.74, 6) is 1.81. The van der Waals surface area contributed by atoms with Gasteiger partial charge in [-0.05, 0) is 45.7 Å². The van der Waals surface area contributed by atoms with E-state index in [0.29, 0.717) is 5.92 Å². The molecule has 138 valence electrons. The second kappa shape index (κ2) is 8.42. The van der Waals surface area contributed by atoms with E-state index in [-0.39, 0.29) is 24.5 Å². The number of rotatable bonds is 4. The van der Waals surface area contributed by atoms with Gasteiger partial charge < -0.3 is 5.32 Å². The van der Waals surface area contributed by atoms with Crippen LogP contribution < -0.4 is 10.6 Å². The zero-order chi connectivity index (χ0) is 17.6. The number of H-pyrrole nitrogens is 1. The molecule has 8 nitrogen and oxygen atoms in total. The lowest BCUT2D eigenvalue weighted by atomic mass is 9.96. The van der Waals surface area contributed by atoms with E-state index in [1.54, 1.807) is 0 Å². The SMILES string of the molecule is Cc1nc(C2CCN(CC(=O)NC(=O)NC3CCCCC3)CC2)n[nH]1. The van der Waals surface area contributed by atoms with Crippen molar-refractivity contribution in [1.82, 2.24) is 30.7 Å². The molecule has 0 radical (unpaired) electrons. The van der Waals surface area contributed by atoms with Crippen LogP contribution >= 0.6 is 0 Å². The molecule has 1 aliphatic heterocycles. The third-order valence-electron chi connectivity index (χ3n) is 5.13. The van der Waals surface area contributed by atoms with Crippen molar-refractivity contribution in [1.29, 1.82) is 0 Å². The van der Waals surface area contributed by atoms with Gasteiger partial charge in [0.2, 0.25) is 5.91 Å². The molecule has 0 aromatic carbocycles. The first-order chi connectivity index (χ1) is 12.1. The number of amides is 3. The number of nitrogens with one attached hydrogen (secondary N) is 3. The molecule has 1 saturated carbocycles. The molecular weight excluding hydrogens is 320 g/mol. The Morgan fingerprint density at radius 2 is 1.88 bits per heavy atom. The lowest BCUT2D eigenvalue weighted by Crippen LogP contribution is -2.48. The zero-order valence-electron chi connectivity index (χ0n) is 14.9. The molecule has 1 aliphatic carbocycles. The zero-order valence-corrected chi connectivity index (χ0v) is 14.9. The van der Waals surface area contributed by atoms with E-state index in [4.69, 9.17) is 0 Å². The molecule has 0 atom stereocenters. The van der Waals surface area contributed by atoms with Crippen molar-refractivity contribution in [2.24, 2.45) is 0 Å². The van der Waals surface area contributed by atoms with Crippen LogP contribution in [0.4, 0.5) is 4.79 Å². The van der Waals surface area contributed by atoms with Crippen molar-refractivity contribution in [2.75, 3.05) is 19.6 Å². The molecule has 2 aliphatic rings. The van der Waals surface area contributed by atoms with Crippen LogP contribution in [0.1, 0.15) is 62.5 Å². The van der Waals surface area contributed by atoms with Crippen molar-refractivity contribution in [3.63, 3.8) is 0 Å². The van der Waals surface area contributed by atoms with Gasteiger partial charge in [-0.3, -0.25) is 20.1 Å². The summed E-state index contributed by atoms with van der Waals surface area (Å²) in [5, 5.41) is 12.5. The maximum atomic E-state index is 12.1. The van der Waals surface area contributed by atoms with Crippen LogP contribution in [-0.4, -0.2) is 57.7 Å². The largest absolute Gasteiger partial charge is 0.335 e. The second-order valence-electron chi connectivity index (χ2n) is 7.19. The van der Waals surface area contributed by atoms with Crippen LogP contribution in [0.3, 0.4) is 0 Å². The van der Waals surface area contributed by atoms with Crippen molar-refractivity contribution in [3.8, 4) is 0 Å². The molecule has 3 rings (SSSR count). The van der Waals surface area contributed by atoms with E-state index >= 15 is 0 Å². The summed E-state index contributed by atoms with van der Waals surface area (Å²) < 4.78 is 0. The van der Waals surface area contributed by atoms with Crippen molar-refractivity contribution in [3.05, 3.63) is 11.6 Å². The Hall–Kier alpha value is -1.96. The summed E-state index contributed by atoms with van der Waals surface area (Å²) >= 11 is 0. The van der Waals surface area contributed by atoms with Crippen molar-refractivity contribution >= 4 is 11.9 Å². The number of nitrogens with zero attached hydrogens (tertiary/aromatic N) is 3. The summed E-state index contributed by atoms with van der Waals surface area (Å²) in [7, 11) is 0. The van der Waals surface area contributed by atoms with Gasteiger partial charge in [-0.2, -0.15) is 5.10 Å². The molecule has 2 heterocycles. The number of hydrogen-bond acceptors (Lipinski definition) is 5. The second-order valence-corrected chi connectivity index (χ2v) is 7.19. The number of aromatic amines is 1. The van der Waals surface area contributed by atoms with Crippen LogP contribution in [0.25, 0.3) is 0 Å². The number of likely N-dealkylation sites (tertiary alicyclic amines) is 1. The number of imide groups is 1. The maximum Gasteiger partial charge on any atom is 0.321 e. The quantitative estimate of drug-likeness (QED) is 0.764. The number of carbonyl (C=O) groups is 2. The number of hydrogen-bond donors (Lipinski definition) is 3. The van der Waals surface area contributed by atoms with Gasteiger partial charge in [-0.1, -0.05) is 19.3 Å². The molecule has 2 fully saturated rings. The van der Waals surface area contributed by atoms with E-state index in [1.165, 1.54) is 6.42 Å². The molecule has 8 heteroatoms. The minimum absolute atomic E-state index is 0.210. The summed E-state index contributed by atoms with van der Waals surface area (Å²) in [6.45, 7) is 3.79. The highest BCUT2D eigenvalue weighted by Crippen LogP contribution is 2.25. The number of aromatic nitrogens is 3. The topological polar surface area (TPSA) is 103 Å². The number of aryl methyl sites for hydroxylation is 1. The van der Waals surface area contributed by atoms with Gasteiger partial charge in [0.15, 0.2) is 5.82 Å². The normalized spacial score (nSPS) is 20.4. The molecular formula is C17H28N6O2. The Kier molecular flexibility index (Phi) is 6.01. The Morgan fingerprint density at radius 1 is 1.16 bits per heavy atom. The first-order valence-corrected chi connectivity index (χ1v) is 9.32. The van der Waals surface area contributed by atoms with Gasteiger partial charge >= 0.3 is 6.03 Å². The molecule has 1 aromatic heterocycles. The minimum atomic E-state index is -0.358.